The van der Waals surface area contributed by atoms with Crippen molar-refractivity contribution in [1.82, 2.24) is 4.90 Å². The van der Waals surface area contributed by atoms with Gasteiger partial charge in [0.1, 0.15) is 0 Å². The van der Waals surface area contributed by atoms with Crippen molar-refractivity contribution in [3.63, 3.8) is 0 Å². The molecule has 98 valence electrons. The molecule has 0 radical (unpaired) electrons. The predicted octanol–water partition coefficient (Wildman–Crippen LogP) is 1.96. The number of amides is 1. The molecule has 0 saturated carbocycles. The Bertz CT molecular complexity index is 377. The van der Waals surface area contributed by atoms with E-state index < -0.39 is 0 Å². The fourth-order valence-electron chi connectivity index (χ4n) is 2.48. The lowest BCUT2D eigenvalue weighted by atomic mass is 10.0. The van der Waals surface area contributed by atoms with Crippen LogP contribution in [0, 0.1) is 0 Å². The van der Waals surface area contributed by atoms with Gasteiger partial charge in [0, 0.05) is 25.6 Å². The molecular formula is C15H22N2O. The first-order valence-electron chi connectivity index (χ1n) is 6.83. The molecule has 1 aromatic rings. The van der Waals surface area contributed by atoms with Crippen LogP contribution in [-0.2, 0) is 11.2 Å². The van der Waals surface area contributed by atoms with Crippen molar-refractivity contribution in [2.24, 2.45) is 5.73 Å². The van der Waals surface area contributed by atoms with Crippen molar-refractivity contribution < 1.29 is 4.79 Å². The lowest BCUT2D eigenvalue weighted by Gasteiger charge is -2.30. The number of carbonyl (C=O) groups excluding carboxylic acids is 1. The van der Waals surface area contributed by atoms with Crippen molar-refractivity contribution in [3.05, 3.63) is 35.9 Å². The Morgan fingerprint density at radius 1 is 1.33 bits per heavy atom. The molecule has 1 aromatic carbocycles. The molecule has 0 bridgehead atoms. The SMILES string of the molecule is N[C@@H]1CCCN(C(=O)CCCc2ccccc2)C1. The number of rotatable bonds is 4. The number of aryl methyl sites for hydroxylation is 1. The van der Waals surface area contributed by atoms with Crippen molar-refractivity contribution in [2.45, 2.75) is 38.1 Å². The monoisotopic (exact) mass is 246 g/mol. The van der Waals surface area contributed by atoms with Gasteiger partial charge in [-0.2, -0.15) is 0 Å². The quantitative estimate of drug-likeness (QED) is 0.882. The van der Waals surface area contributed by atoms with Gasteiger partial charge in [-0.15, -0.1) is 0 Å². The van der Waals surface area contributed by atoms with Crippen molar-refractivity contribution in [1.29, 1.82) is 0 Å². The molecule has 1 fully saturated rings. The summed E-state index contributed by atoms with van der Waals surface area (Å²) in [5.41, 5.74) is 7.19. The summed E-state index contributed by atoms with van der Waals surface area (Å²) in [6.07, 6.45) is 4.64. The molecule has 3 heteroatoms. The molecule has 0 unspecified atom stereocenters. The van der Waals surface area contributed by atoms with E-state index in [4.69, 9.17) is 5.73 Å². The molecule has 0 aliphatic carbocycles. The first-order chi connectivity index (χ1) is 8.75. The van der Waals surface area contributed by atoms with Gasteiger partial charge in [-0.05, 0) is 31.2 Å². The molecule has 1 heterocycles. The van der Waals surface area contributed by atoms with Gasteiger partial charge in [-0.3, -0.25) is 4.79 Å². The van der Waals surface area contributed by atoms with Gasteiger partial charge in [-0.1, -0.05) is 30.3 Å². The van der Waals surface area contributed by atoms with E-state index >= 15 is 0 Å². The third-order valence-electron chi connectivity index (χ3n) is 3.51. The summed E-state index contributed by atoms with van der Waals surface area (Å²) in [5.74, 6) is 0.265. The van der Waals surface area contributed by atoms with Gasteiger partial charge in [0.05, 0.1) is 0 Å². The maximum atomic E-state index is 12.0. The Morgan fingerprint density at radius 2 is 2.11 bits per heavy atom. The van der Waals surface area contributed by atoms with Crippen LogP contribution in [0.15, 0.2) is 30.3 Å². The van der Waals surface area contributed by atoms with Gasteiger partial charge < -0.3 is 10.6 Å². The molecular weight excluding hydrogens is 224 g/mol. The average Bonchev–Trinajstić information content (AvgIpc) is 2.40. The zero-order valence-electron chi connectivity index (χ0n) is 10.8. The molecule has 18 heavy (non-hydrogen) atoms. The highest BCUT2D eigenvalue weighted by Gasteiger charge is 2.20. The largest absolute Gasteiger partial charge is 0.341 e. The van der Waals surface area contributed by atoms with Gasteiger partial charge in [0.2, 0.25) is 5.91 Å². The Hall–Kier alpha value is -1.35. The third-order valence-corrected chi connectivity index (χ3v) is 3.51. The highest BCUT2D eigenvalue weighted by atomic mass is 16.2. The van der Waals surface area contributed by atoms with E-state index in [1.165, 1.54) is 5.56 Å². The summed E-state index contributed by atoms with van der Waals surface area (Å²) >= 11 is 0. The van der Waals surface area contributed by atoms with Crippen LogP contribution in [0.1, 0.15) is 31.2 Å². The second-order valence-corrected chi connectivity index (χ2v) is 5.08. The van der Waals surface area contributed by atoms with Gasteiger partial charge in [0.15, 0.2) is 0 Å². The standard InChI is InChI=1S/C15H22N2O/c16-14-9-5-11-17(12-14)15(18)10-4-8-13-6-2-1-3-7-13/h1-3,6-7,14H,4-5,8-12,16H2/t14-/m1/s1. The minimum atomic E-state index is 0.178. The van der Waals surface area contributed by atoms with E-state index in [2.05, 4.69) is 12.1 Å². The zero-order valence-corrected chi connectivity index (χ0v) is 10.8. The molecule has 3 nitrogen and oxygen atoms in total. The Balaban J connectivity index is 1.71. The van der Waals surface area contributed by atoms with E-state index in [1.807, 2.05) is 23.1 Å². The van der Waals surface area contributed by atoms with E-state index in [9.17, 15) is 4.79 Å². The fourth-order valence-corrected chi connectivity index (χ4v) is 2.48. The van der Waals surface area contributed by atoms with Crippen LogP contribution in [0.5, 0.6) is 0 Å². The van der Waals surface area contributed by atoms with Crippen LogP contribution in [0.3, 0.4) is 0 Å². The zero-order chi connectivity index (χ0) is 12.8. The second-order valence-electron chi connectivity index (χ2n) is 5.08. The molecule has 0 aromatic heterocycles. The van der Waals surface area contributed by atoms with Crippen LogP contribution >= 0.6 is 0 Å². The number of piperidine rings is 1. The van der Waals surface area contributed by atoms with E-state index in [0.717, 1.165) is 38.8 Å². The van der Waals surface area contributed by atoms with Gasteiger partial charge in [0.25, 0.3) is 0 Å². The maximum Gasteiger partial charge on any atom is 0.222 e. The minimum absolute atomic E-state index is 0.178. The van der Waals surface area contributed by atoms with Crippen molar-refractivity contribution in [3.8, 4) is 0 Å². The highest BCUT2D eigenvalue weighted by molar-refractivity contribution is 5.76. The molecule has 2 N–H and O–H groups in total. The van der Waals surface area contributed by atoms with Crippen molar-refractivity contribution in [2.75, 3.05) is 13.1 Å². The first-order valence-corrected chi connectivity index (χ1v) is 6.83. The van der Waals surface area contributed by atoms with Crippen LogP contribution < -0.4 is 5.73 Å². The number of nitrogens with zero attached hydrogens (tertiary/aromatic N) is 1. The van der Waals surface area contributed by atoms with E-state index in [-0.39, 0.29) is 11.9 Å². The average molecular weight is 246 g/mol. The Labute approximate surface area is 109 Å². The fraction of sp³-hybridized carbons (Fsp3) is 0.533. The molecule has 0 spiro atoms. The molecule has 1 aliphatic rings. The summed E-state index contributed by atoms with van der Waals surface area (Å²) in [6.45, 7) is 1.63. The smallest absolute Gasteiger partial charge is 0.222 e. The summed E-state index contributed by atoms with van der Waals surface area (Å²) in [5, 5.41) is 0. The maximum absolute atomic E-state index is 12.0. The molecule has 2 rings (SSSR count). The van der Waals surface area contributed by atoms with Crippen LogP contribution in [0.2, 0.25) is 0 Å². The van der Waals surface area contributed by atoms with Crippen LogP contribution in [-0.4, -0.2) is 29.9 Å². The van der Waals surface area contributed by atoms with Crippen LogP contribution in [0.25, 0.3) is 0 Å². The summed E-state index contributed by atoms with van der Waals surface area (Å²) < 4.78 is 0. The number of carbonyl (C=O) groups is 1. The predicted molar refractivity (Wildman–Crippen MR) is 73.2 cm³/mol. The molecule has 1 amide bonds. The van der Waals surface area contributed by atoms with Crippen LogP contribution in [0.4, 0.5) is 0 Å². The molecule has 1 atom stereocenters. The first kappa shape index (κ1) is 13.1. The normalized spacial score (nSPS) is 19.8. The Kier molecular flexibility index (Phi) is 4.76. The van der Waals surface area contributed by atoms with Gasteiger partial charge in [-0.25, -0.2) is 0 Å². The molecule has 1 aliphatic heterocycles. The van der Waals surface area contributed by atoms with E-state index in [0.29, 0.717) is 6.42 Å². The topological polar surface area (TPSA) is 46.3 Å². The third kappa shape index (κ3) is 3.84. The molecule has 1 saturated heterocycles. The number of hydrogen-bond donors (Lipinski definition) is 1. The second kappa shape index (κ2) is 6.55. The minimum Gasteiger partial charge on any atom is -0.341 e. The number of nitrogens with two attached hydrogens (primary N) is 1. The Morgan fingerprint density at radius 3 is 2.83 bits per heavy atom. The van der Waals surface area contributed by atoms with E-state index in [1.54, 1.807) is 0 Å². The number of hydrogen-bond acceptors (Lipinski definition) is 2. The lowest BCUT2D eigenvalue weighted by Crippen LogP contribution is -2.45. The van der Waals surface area contributed by atoms with Gasteiger partial charge >= 0.3 is 0 Å². The summed E-state index contributed by atoms with van der Waals surface area (Å²) in [4.78, 5) is 13.9. The number of likely N-dealkylation sites (tertiary alicyclic amines) is 1. The highest BCUT2D eigenvalue weighted by Crippen LogP contribution is 2.11. The summed E-state index contributed by atoms with van der Waals surface area (Å²) in [6, 6.07) is 10.5. The van der Waals surface area contributed by atoms with Crippen molar-refractivity contribution >= 4 is 5.91 Å². The number of benzene rings is 1. The lowest BCUT2D eigenvalue weighted by molar-refractivity contribution is -0.132. The summed E-state index contributed by atoms with van der Waals surface area (Å²) in [7, 11) is 0.